The first kappa shape index (κ1) is 15.4. The van der Waals surface area contributed by atoms with Crippen LogP contribution < -0.4 is 4.90 Å². The van der Waals surface area contributed by atoms with E-state index >= 15 is 0 Å². The standard InChI is InChI=1S/C19H18N2O2S/c1-23-17-18(22)21-15-11-7-6-10-14(15)20-16(24-2)12-19(17,21)13-8-4-3-5-9-13/h3-11,17H,12H2,1-2H3. The number of hydrogen-bond acceptors (Lipinski definition) is 4. The van der Waals surface area contributed by atoms with E-state index in [1.54, 1.807) is 18.9 Å². The van der Waals surface area contributed by atoms with E-state index in [1.807, 2.05) is 53.6 Å². The van der Waals surface area contributed by atoms with Gasteiger partial charge in [-0.25, -0.2) is 4.99 Å². The molecule has 24 heavy (non-hydrogen) atoms. The van der Waals surface area contributed by atoms with Crippen molar-refractivity contribution in [2.45, 2.75) is 18.1 Å². The fraction of sp³-hybridized carbons (Fsp3) is 0.263. The number of aliphatic imine (C=N–C) groups is 1. The number of hydrogen-bond donors (Lipinski definition) is 0. The van der Waals surface area contributed by atoms with Crippen LogP contribution in [0.1, 0.15) is 12.0 Å². The van der Waals surface area contributed by atoms with Gasteiger partial charge < -0.3 is 4.74 Å². The second kappa shape index (κ2) is 5.76. The summed E-state index contributed by atoms with van der Waals surface area (Å²) in [7, 11) is 1.61. The van der Waals surface area contributed by atoms with Crippen LogP contribution in [0.5, 0.6) is 0 Å². The number of nitrogens with zero attached hydrogens (tertiary/aromatic N) is 2. The lowest BCUT2D eigenvalue weighted by molar-refractivity contribution is -0.147. The molecule has 5 heteroatoms. The van der Waals surface area contributed by atoms with Crippen molar-refractivity contribution in [1.82, 2.24) is 0 Å². The number of ether oxygens (including phenoxy) is 1. The molecule has 0 N–H and O–H groups in total. The molecule has 2 aliphatic heterocycles. The molecule has 1 amide bonds. The Morgan fingerprint density at radius 2 is 1.88 bits per heavy atom. The Bertz CT molecular complexity index is 821. The number of carbonyl (C=O) groups excluding carboxylic acids is 1. The van der Waals surface area contributed by atoms with Crippen molar-refractivity contribution in [2.24, 2.45) is 4.99 Å². The van der Waals surface area contributed by atoms with Crippen LogP contribution in [0.25, 0.3) is 0 Å². The van der Waals surface area contributed by atoms with E-state index in [0.717, 1.165) is 22.0 Å². The number of amides is 1. The summed E-state index contributed by atoms with van der Waals surface area (Å²) in [5.41, 5.74) is 2.22. The van der Waals surface area contributed by atoms with Crippen molar-refractivity contribution in [3.05, 3.63) is 60.2 Å². The number of fused-ring (bicyclic) bond motifs is 3. The Hall–Kier alpha value is -2.11. The second-order valence-corrected chi connectivity index (χ2v) is 6.83. The van der Waals surface area contributed by atoms with Gasteiger partial charge in [-0.15, -0.1) is 11.8 Å². The Morgan fingerprint density at radius 3 is 2.58 bits per heavy atom. The third kappa shape index (κ3) is 1.98. The van der Waals surface area contributed by atoms with E-state index in [2.05, 4.69) is 12.1 Å². The highest BCUT2D eigenvalue weighted by Crippen LogP contribution is 2.53. The number of anilines is 1. The second-order valence-electron chi connectivity index (χ2n) is 5.95. The molecule has 4 rings (SSSR count). The van der Waals surface area contributed by atoms with E-state index in [4.69, 9.17) is 9.73 Å². The van der Waals surface area contributed by atoms with Gasteiger partial charge in [0.2, 0.25) is 0 Å². The number of methoxy groups -OCH3 is 1. The molecular weight excluding hydrogens is 320 g/mol. The first-order valence-corrected chi connectivity index (χ1v) is 9.08. The molecule has 0 bridgehead atoms. The monoisotopic (exact) mass is 338 g/mol. The van der Waals surface area contributed by atoms with E-state index in [1.165, 1.54) is 0 Å². The average Bonchev–Trinajstić information content (AvgIpc) is 2.75. The van der Waals surface area contributed by atoms with Crippen molar-refractivity contribution in [2.75, 3.05) is 18.3 Å². The van der Waals surface area contributed by atoms with Gasteiger partial charge in [-0.05, 0) is 24.0 Å². The van der Waals surface area contributed by atoms with Crippen molar-refractivity contribution < 1.29 is 9.53 Å². The zero-order chi connectivity index (χ0) is 16.7. The lowest BCUT2D eigenvalue weighted by Gasteiger charge is -2.56. The Balaban J connectivity index is 1.98. The molecule has 2 aromatic rings. The molecule has 0 spiro atoms. The Labute approximate surface area is 145 Å². The highest BCUT2D eigenvalue weighted by atomic mass is 32.2. The van der Waals surface area contributed by atoms with Gasteiger partial charge >= 0.3 is 0 Å². The third-order valence-corrected chi connectivity index (χ3v) is 5.52. The van der Waals surface area contributed by atoms with Crippen LogP contribution in [0, 0.1) is 0 Å². The summed E-state index contributed by atoms with van der Waals surface area (Å²) >= 11 is 1.63. The minimum Gasteiger partial charge on any atom is -0.369 e. The topological polar surface area (TPSA) is 41.9 Å². The van der Waals surface area contributed by atoms with Crippen LogP contribution >= 0.6 is 11.8 Å². The van der Waals surface area contributed by atoms with Gasteiger partial charge in [0.25, 0.3) is 5.91 Å². The first-order valence-electron chi connectivity index (χ1n) is 7.85. The molecule has 2 aliphatic rings. The molecule has 0 aliphatic carbocycles. The molecule has 122 valence electrons. The van der Waals surface area contributed by atoms with E-state index < -0.39 is 11.6 Å². The fourth-order valence-electron chi connectivity index (χ4n) is 3.75. The molecule has 4 nitrogen and oxygen atoms in total. The molecule has 2 heterocycles. The van der Waals surface area contributed by atoms with Crippen LogP contribution in [0.15, 0.2) is 59.6 Å². The van der Waals surface area contributed by atoms with Crippen molar-refractivity contribution in [3.63, 3.8) is 0 Å². The number of para-hydroxylation sites is 2. The predicted molar refractivity (Wildman–Crippen MR) is 98.1 cm³/mol. The van der Waals surface area contributed by atoms with Gasteiger partial charge in [-0.2, -0.15) is 0 Å². The highest BCUT2D eigenvalue weighted by molar-refractivity contribution is 8.13. The van der Waals surface area contributed by atoms with Gasteiger partial charge in [0.05, 0.1) is 16.4 Å². The molecule has 2 aromatic carbocycles. The number of thioether (sulfide) groups is 1. The molecule has 2 unspecified atom stereocenters. The summed E-state index contributed by atoms with van der Waals surface area (Å²) in [5, 5.41) is 1.00. The smallest absolute Gasteiger partial charge is 0.259 e. The lowest BCUT2D eigenvalue weighted by atomic mass is 9.72. The average molecular weight is 338 g/mol. The van der Waals surface area contributed by atoms with Gasteiger partial charge in [0.15, 0.2) is 6.10 Å². The maximum atomic E-state index is 12.9. The SMILES string of the molecule is COC1C(=O)N2c3ccccc3N=C(SC)CC12c1ccccc1. The Morgan fingerprint density at radius 1 is 1.17 bits per heavy atom. The van der Waals surface area contributed by atoms with E-state index in [9.17, 15) is 4.79 Å². The first-order chi connectivity index (χ1) is 11.7. The Kier molecular flexibility index (Phi) is 3.70. The summed E-state index contributed by atoms with van der Waals surface area (Å²) in [5.74, 6) is -0.00800. The summed E-state index contributed by atoms with van der Waals surface area (Å²) in [4.78, 5) is 19.5. The van der Waals surface area contributed by atoms with Crippen LogP contribution in [0.4, 0.5) is 11.4 Å². The van der Waals surface area contributed by atoms with Gasteiger partial charge in [0, 0.05) is 13.5 Å². The minimum atomic E-state index is -0.540. The largest absolute Gasteiger partial charge is 0.369 e. The predicted octanol–water partition coefficient (Wildman–Crippen LogP) is 3.74. The van der Waals surface area contributed by atoms with Crippen LogP contribution in [0.2, 0.25) is 0 Å². The summed E-state index contributed by atoms with van der Waals surface area (Å²) < 4.78 is 5.63. The van der Waals surface area contributed by atoms with Gasteiger partial charge in [0.1, 0.15) is 5.54 Å². The number of benzene rings is 2. The van der Waals surface area contributed by atoms with Crippen molar-refractivity contribution in [1.29, 1.82) is 0 Å². The zero-order valence-corrected chi connectivity index (χ0v) is 14.4. The maximum Gasteiger partial charge on any atom is 0.259 e. The molecule has 0 saturated carbocycles. The van der Waals surface area contributed by atoms with Crippen molar-refractivity contribution in [3.8, 4) is 0 Å². The molecule has 1 fully saturated rings. The highest BCUT2D eigenvalue weighted by Gasteiger charge is 2.63. The van der Waals surface area contributed by atoms with E-state index in [-0.39, 0.29) is 5.91 Å². The lowest BCUT2D eigenvalue weighted by Crippen LogP contribution is -2.73. The minimum absolute atomic E-state index is 0.00800. The summed E-state index contributed by atoms with van der Waals surface area (Å²) in [6.07, 6.45) is 2.18. The number of carbonyl (C=O) groups is 1. The molecular formula is C19H18N2O2S. The van der Waals surface area contributed by atoms with Crippen LogP contribution in [-0.2, 0) is 15.1 Å². The fourth-order valence-corrected chi connectivity index (χ4v) is 4.30. The quantitative estimate of drug-likeness (QED) is 0.783. The summed E-state index contributed by atoms with van der Waals surface area (Å²) in [6.45, 7) is 0. The van der Waals surface area contributed by atoms with Gasteiger partial charge in [-0.3, -0.25) is 9.69 Å². The van der Waals surface area contributed by atoms with Crippen molar-refractivity contribution >= 4 is 34.1 Å². The normalized spacial score (nSPS) is 25.2. The number of β-lactam (4-membered cyclic amide) rings is 1. The molecule has 1 saturated heterocycles. The number of rotatable bonds is 2. The molecule has 0 radical (unpaired) electrons. The maximum absolute atomic E-state index is 12.9. The van der Waals surface area contributed by atoms with Crippen LogP contribution in [-0.4, -0.2) is 30.4 Å². The van der Waals surface area contributed by atoms with E-state index in [0.29, 0.717) is 6.42 Å². The third-order valence-electron chi connectivity index (χ3n) is 4.81. The van der Waals surface area contributed by atoms with Crippen LogP contribution in [0.3, 0.4) is 0 Å². The van der Waals surface area contributed by atoms with Gasteiger partial charge in [-0.1, -0.05) is 42.5 Å². The zero-order valence-electron chi connectivity index (χ0n) is 13.6. The molecule has 0 aromatic heterocycles. The molecule has 2 atom stereocenters. The summed E-state index contributed by atoms with van der Waals surface area (Å²) in [6, 6.07) is 17.9.